The smallest absolute Gasteiger partial charge is 0.224 e. The van der Waals surface area contributed by atoms with Crippen LogP contribution in [0.3, 0.4) is 0 Å². The highest BCUT2D eigenvalue weighted by Crippen LogP contribution is 2.20. The van der Waals surface area contributed by atoms with Crippen molar-refractivity contribution in [2.24, 2.45) is 5.73 Å². The van der Waals surface area contributed by atoms with E-state index in [-0.39, 0.29) is 11.8 Å². The van der Waals surface area contributed by atoms with Gasteiger partial charge in [-0.1, -0.05) is 98.7 Å². The molecule has 2 heteroatoms. The zero-order chi connectivity index (χ0) is 20.3. The highest BCUT2D eigenvalue weighted by atomic mass is 16.1. The Bertz CT molecular complexity index is 625. The van der Waals surface area contributed by atoms with Gasteiger partial charge in [0.05, 0.1) is 5.92 Å². The second-order valence-electron chi connectivity index (χ2n) is 7.03. The van der Waals surface area contributed by atoms with Crippen molar-refractivity contribution in [1.82, 2.24) is 0 Å². The summed E-state index contributed by atoms with van der Waals surface area (Å²) in [7, 11) is 0. The summed E-state index contributed by atoms with van der Waals surface area (Å²) in [6.07, 6.45) is 27.4. The molecule has 28 heavy (non-hydrogen) atoms. The molecule has 152 valence electrons. The number of hydrogen-bond donors (Lipinski definition) is 1. The van der Waals surface area contributed by atoms with Crippen molar-refractivity contribution in [1.29, 1.82) is 0 Å². The van der Waals surface area contributed by atoms with Crippen LogP contribution in [-0.4, -0.2) is 5.91 Å². The minimum atomic E-state index is -0.248. The third-order valence-corrected chi connectivity index (χ3v) is 4.62. The van der Waals surface area contributed by atoms with E-state index in [9.17, 15) is 4.79 Å². The zero-order valence-electron chi connectivity index (χ0n) is 17.4. The lowest BCUT2D eigenvalue weighted by Gasteiger charge is -2.12. The number of nitrogens with two attached hydrogens (primary N) is 1. The van der Waals surface area contributed by atoms with Gasteiger partial charge in [0.25, 0.3) is 0 Å². The Kier molecular flexibility index (Phi) is 14.2. The van der Waals surface area contributed by atoms with Crippen LogP contribution in [0.25, 0.3) is 0 Å². The Morgan fingerprint density at radius 3 is 1.89 bits per heavy atom. The second kappa shape index (κ2) is 16.8. The fourth-order valence-corrected chi connectivity index (χ4v) is 2.98. The van der Waals surface area contributed by atoms with Gasteiger partial charge in [-0.05, 0) is 50.5 Å². The Labute approximate surface area is 171 Å². The number of rotatable bonds is 15. The van der Waals surface area contributed by atoms with E-state index in [1.54, 1.807) is 0 Å². The molecule has 1 aromatic carbocycles. The molecule has 0 fully saturated rings. The van der Waals surface area contributed by atoms with Gasteiger partial charge in [0, 0.05) is 0 Å². The summed E-state index contributed by atoms with van der Waals surface area (Å²) in [5, 5.41) is 0. The fourth-order valence-electron chi connectivity index (χ4n) is 2.98. The van der Waals surface area contributed by atoms with Gasteiger partial charge in [0.1, 0.15) is 0 Å². The second-order valence-corrected chi connectivity index (χ2v) is 7.03. The van der Waals surface area contributed by atoms with Crippen LogP contribution in [-0.2, 0) is 4.79 Å². The average molecular weight is 380 g/mol. The topological polar surface area (TPSA) is 43.1 Å². The molecule has 0 aliphatic rings. The quantitative estimate of drug-likeness (QED) is 0.258. The molecule has 1 rings (SSSR count). The Balaban J connectivity index is 2.12. The van der Waals surface area contributed by atoms with Crippen LogP contribution < -0.4 is 5.73 Å². The van der Waals surface area contributed by atoms with E-state index >= 15 is 0 Å². The molecule has 0 aliphatic carbocycles. The van der Waals surface area contributed by atoms with Crippen LogP contribution in [0.1, 0.15) is 76.2 Å². The van der Waals surface area contributed by atoms with Gasteiger partial charge in [0.15, 0.2) is 0 Å². The SMILES string of the molecule is CCCCC/C=C\C/C=C\C/C=C\C/C=C\CCC(C(N)=O)c1ccccc1. The molecule has 1 atom stereocenters. The minimum Gasteiger partial charge on any atom is -0.369 e. The number of carbonyl (C=O) groups is 1. The summed E-state index contributed by atoms with van der Waals surface area (Å²) < 4.78 is 0. The number of unbranched alkanes of at least 4 members (excludes halogenated alkanes) is 3. The van der Waals surface area contributed by atoms with E-state index in [4.69, 9.17) is 5.73 Å². The zero-order valence-corrected chi connectivity index (χ0v) is 17.4. The summed E-state index contributed by atoms with van der Waals surface area (Å²) in [6.45, 7) is 2.24. The first-order chi connectivity index (χ1) is 13.8. The van der Waals surface area contributed by atoms with Crippen LogP contribution in [0.2, 0.25) is 0 Å². The van der Waals surface area contributed by atoms with Crippen LogP contribution in [0.5, 0.6) is 0 Å². The average Bonchev–Trinajstić information content (AvgIpc) is 2.70. The van der Waals surface area contributed by atoms with E-state index in [2.05, 4.69) is 55.5 Å². The van der Waals surface area contributed by atoms with Gasteiger partial charge in [-0.3, -0.25) is 4.79 Å². The first-order valence-electron chi connectivity index (χ1n) is 10.7. The van der Waals surface area contributed by atoms with Crippen LogP contribution in [0, 0.1) is 0 Å². The first-order valence-corrected chi connectivity index (χ1v) is 10.7. The Morgan fingerprint density at radius 1 is 0.821 bits per heavy atom. The molecular weight excluding hydrogens is 342 g/mol. The van der Waals surface area contributed by atoms with E-state index in [0.29, 0.717) is 0 Å². The highest BCUT2D eigenvalue weighted by Gasteiger charge is 2.15. The van der Waals surface area contributed by atoms with Gasteiger partial charge in [-0.25, -0.2) is 0 Å². The Hall–Kier alpha value is -2.35. The molecule has 1 amide bonds. The van der Waals surface area contributed by atoms with Crippen molar-refractivity contribution in [2.75, 3.05) is 0 Å². The lowest BCUT2D eigenvalue weighted by Crippen LogP contribution is -2.21. The largest absolute Gasteiger partial charge is 0.369 e. The molecule has 0 aliphatic heterocycles. The third kappa shape index (κ3) is 12.1. The molecule has 1 unspecified atom stereocenters. The van der Waals surface area contributed by atoms with Crippen LogP contribution in [0.15, 0.2) is 78.9 Å². The van der Waals surface area contributed by atoms with Crippen LogP contribution >= 0.6 is 0 Å². The summed E-state index contributed by atoms with van der Waals surface area (Å²) in [5.41, 5.74) is 6.56. The van der Waals surface area contributed by atoms with Crippen molar-refractivity contribution in [2.45, 2.75) is 70.6 Å². The molecule has 0 bridgehead atoms. The van der Waals surface area contributed by atoms with Crippen molar-refractivity contribution in [3.8, 4) is 0 Å². The molecule has 2 nitrogen and oxygen atoms in total. The lowest BCUT2D eigenvalue weighted by atomic mass is 9.93. The van der Waals surface area contributed by atoms with Crippen molar-refractivity contribution in [3.05, 3.63) is 84.5 Å². The molecular formula is C26H37NO. The predicted octanol–water partition coefficient (Wildman–Crippen LogP) is 7.01. The molecule has 0 heterocycles. The van der Waals surface area contributed by atoms with E-state index < -0.39 is 0 Å². The number of benzene rings is 1. The van der Waals surface area contributed by atoms with Gasteiger partial charge in [-0.15, -0.1) is 0 Å². The van der Waals surface area contributed by atoms with Crippen molar-refractivity contribution >= 4 is 5.91 Å². The van der Waals surface area contributed by atoms with Gasteiger partial charge in [-0.2, -0.15) is 0 Å². The summed E-state index contributed by atoms with van der Waals surface area (Å²) in [5.74, 6) is -0.450. The standard InChI is InChI=1S/C26H37NO/c1-2-3-4-5-6-7-8-9-10-11-12-13-14-15-16-20-23-25(26(27)28)24-21-18-17-19-22-24/h6-7,9-10,12-13,15-19,21-22,25H,2-5,8,11,14,20,23H2,1H3,(H2,27,28)/b7-6-,10-9-,13-12-,16-15-. The normalized spacial score (nSPS) is 13.3. The van der Waals surface area contributed by atoms with E-state index in [1.165, 1.54) is 25.7 Å². The monoisotopic (exact) mass is 379 g/mol. The Morgan fingerprint density at radius 2 is 1.36 bits per heavy atom. The van der Waals surface area contributed by atoms with Crippen molar-refractivity contribution in [3.63, 3.8) is 0 Å². The van der Waals surface area contributed by atoms with Gasteiger partial charge >= 0.3 is 0 Å². The number of hydrogen-bond acceptors (Lipinski definition) is 1. The maximum Gasteiger partial charge on any atom is 0.224 e. The van der Waals surface area contributed by atoms with E-state index in [1.807, 2.05) is 30.3 Å². The number of allylic oxidation sites excluding steroid dienone is 8. The molecule has 1 aromatic rings. The molecule has 0 spiro atoms. The minimum absolute atomic E-state index is 0.202. The number of carbonyl (C=O) groups excluding carboxylic acids is 1. The van der Waals surface area contributed by atoms with Gasteiger partial charge < -0.3 is 5.73 Å². The molecule has 0 radical (unpaired) electrons. The third-order valence-electron chi connectivity index (χ3n) is 4.62. The lowest BCUT2D eigenvalue weighted by molar-refractivity contribution is -0.119. The molecule has 0 saturated carbocycles. The summed E-state index contributed by atoms with van der Waals surface area (Å²) in [6, 6.07) is 9.79. The molecule has 0 aromatic heterocycles. The number of primary amides is 1. The predicted molar refractivity (Wildman–Crippen MR) is 122 cm³/mol. The van der Waals surface area contributed by atoms with Gasteiger partial charge in [0.2, 0.25) is 5.91 Å². The molecule has 2 N–H and O–H groups in total. The van der Waals surface area contributed by atoms with Crippen LogP contribution in [0.4, 0.5) is 0 Å². The molecule has 0 saturated heterocycles. The summed E-state index contributed by atoms with van der Waals surface area (Å²) in [4.78, 5) is 11.7. The number of amides is 1. The highest BCUT2D eigenvalue weighted by molar-refractivity contribution is 5.81. The van der Waals surface area contributed by atoms with E-state index in [0.717, 1.165) is 37.7 Å². The maximum atomic E-state index is 11.7. The van der Waals surface area contributed by atoms with Crippen molar-refractivity contribution < 1.29 is 4.79 Å². The first kappa shape index (κ1) is 23.7. The fraction of sp³-hybridized carbons (Fsp3) is 0.423. The summed E-state index contributed by atoms with van der Waals surface area (Å²) >= 11 is 0. The maximum absolute atomic E-state index is 11.7.